The van der Waals surface area contributed by atoms with E-state index < -0.39 is 6.09 Å². The van der Waals surface area contributed by atoms with Crippen LogP contribution in [-0.4, -0.2) is 35.5 Å². The normalized spacial score (nSPS) is 12.6. The number of rotatable bonds is 6. The number of benzene rings is 1. The molecule has 0 fully saturated rings. The first-order chi connectivity index (χ1) is 16.6. The van der Waals surface area contributed by atoms with Crippen molar-refractivity contribution >= 4 is 34.4 Å². The molecule has 1 aromatic carbocycles. The highest BCUT2D eigenvalue weighted by molar-refractivity contribution is 7.16. The summed E-state index contributed by atoms with van der Waals surface area (Å²) >= 11 is 1.31. The molecule has 172 valence electrons. The second-order valence-corrected chi connectivity index (χ2v) is 8.58. The van der Waals surface area contributed by atoms with Crippen LogP contribution in [-0.2, 0) is 29.1 Å². The predicted octanol–water partition coefficient (Wildman–Crippen LogP) is 4.37. The number of carbonyl (C=O) groups is 2. The van der Waals surface area contributed by atoms with E-state index in [9.17, 15) is 14.9 Å². The largest absolute Gasteiger partial charge is 0.496 e. The van der Waals surface area contributed by atoms with Gasteiger partial charge in [0.2, 0.25) is 5.91 Å². The van der Waals surface area contributed by atoms with Crippen LogP contribution in [0, 0.1) is 11.3 Å². The summed E-state index contributed by atoms with van der Waals surface area (Å²) < 4.78 is 10.7. The van der Waals surface area contributed by atoms with E-state index in [1.165, 1.54) is 17.4 Å². The molecular formula is C25H22N4O4S. The van der Waals surface area contributed by atoms with Crippen molar-refractivity contribution in [2.45, 2.75) is 19.6 Å². The van der Waals surface area contributed by atoms with Crippen molar-refractivity contribution in [3.63, 3.8) is 0 Å². The van der Waals surface area contributed by atoms with Gasteiger partial charge in [0.25, 0.3) is 0 Å². The lowest BCUT2D eigenvalue weighted by Gasteiger charge is -2.26. The SMILES string of the molecule is COc1ccccc1C=CC(=O)Nc1sc2c(c1C#N)CCN(C(=O)OCc1cccnc1)C2. The number of nitriles is 1. The first-order valence-electron chi connectivity index (χ1n) is 10.6. The van der Waals surface area contributed by atoms with E-state index in [0.29, 0.717) is 35.8 Å². The van der Waals surface area contributed by atoms with Crippen LogP contribution in [0.5, 0.6) is 5.75 Å². The number of ether oxygens (including phenoxy) is 2. The lowest BCUT2D eigenvalue weighted by atomic mass is 10.0. The molecule has 8 nitrogen and oxygen atoms in total. The molecule has 3 aromatic rings. The number of para-hydroxylation sites is 1. The van der Waals surface area contributed by atoms with Gasteiger partial charge in [-0.1, -0.05) is 24.3 Å². The van der Waals surface area contributed by atoms with Gasteiger partial charge in [-0.15, -0.1) is 11.3 Å². The van der Waals surface area contributed by atoms with Gasteiger partial charge in [0, 0.05) is 41.0 Å². The van der Waals surface area contributed by atoms with Crippen molar-refractivity contribution in [3.05, 3.63) is 82.0 Å². The third kappa shape index (κ3) is 5.24. The Labute approximate surface area is 201 Å². The molecule has 9 heteroatoms. The van der Waals surface area contributed by atoms with E-state index >= 15 is 0 Å². The maximum absolute atomic E-state index is 12.5. The number of pyridine rings is 1. The topological polar surface area (TPSA) is 105 Å². The number of nitrogens with zero attached hydrogens (tertiary/aromatic N) is 3. The van der Waals surface area contributed by atoms with Gasteiger partial charge in [0.1, 0.15) is 23.4 Å². The zero-order valence-corrected chi connectivity index (χ0v) is 19.3. The maximum Gasteiger partial charge on any atom is 0.410 e. The molecule has 1 aliphatic heterocycles. The standard InChI is InChI=1S/C25H22N4O4S/c1-32-21-7-3-2-6-18(21)8-9-23(30)28-24-20(13-26)19-10-12-29(15-22(19)34-24)25(31)33-16-17-5-4-11-27-14-17/h2-9,11,14H,10,12,15-16H2,1H3,(H,28,30). The molecule has 0 unspecified atom stereocenters. The summed E-state index contributed by atoms with van der Waals surface area (Å²) in [5, 5.41) is 13.0. The number of nitrogens with one attached hydrogen (secondary N) is 1. The van der Waals surface area contributed by atoms with Crippen LogP contribution in [0.4, 0.5) is 9.80 Å². The van der Waals surface area contributed by atoms with E-state index in [0.717, 1.165) is 21.6 Å². The van der Waals surface area contributed by atoms with Gasteiger partial charge in [-0.05, 0) is 30.2 Å². The molecule has 1 aliphatic rings. The van der Waals surface area contributed by atoms with Gasteiger partial charge in [0.15, 0.2) is 0 Å². The molecular weight excluding hydrogens is 452 g/mol. The summed E-state index contributed by atoms with van der Waals surface area (Å²) in [6.45, 7) is 0.905. The second kappa shape index (κ2) is 10.6. The molecule has 0 bridgehead atoms. The Kier molecular flexibility index (Phi) is 7.20. The lowest BCUT2D eigenvalue weighted by molar-refractivity contribution is -0.111. The van der Waals surface area contributed by atoms with E-state index in [2.05, 4.69) is 16.4 Å². The van der Waals surface area contributed by atoms with E-state index in [-0.39, 0.29) is 12.5 Å². The Hall–Kier alpha value is -4.16. The molecule has 0 aliphatic carbocycles. The number of hydrogen-bond donors (Lipinski definition) is 1. The number of amides is 2. The molecule has 34 heavy (non-hydrogen) atoms. The first kappa shape index (κ1) is 23.0. The third-order valence-corrected chi connectivity index (χ3v) is 6.43. The maximum atomic E-state index is 12.5. The van der Waals surface area contributed by atoms with E-state index in [1.807, 2.05) is 30.3 Å². The Morgan fingerprint density at radius 3 is 2.91 bits per heavy atom. The van der Waals surface area contributed by atoms with Crippen LogP contribution in [0.3, 0.4) is 0 Å². The number of methoxy groups -OCH3 is 1. The molecule has 0 saturated heterocycles. The second-order valence-electron chi connectivity index (χ2n) is 7.47. The fourth-order valence-electron chi connectivity index (χ4n) is 3.61. The van der Waals surface area contributed by atoms with Gasteiger partial charge in [0.05, 0.1) is 19.2 Å². The Balaban J connectivity index is 1.42. The summed E-state index contributed by atoms with van der Waals surface area (Å²) in [6.07, 6.45) is 6.46. The van der Waals surface area contributed by atoms with Crippen LogP contribution < -0.4 is 10.1 Å². The quantitative estimate of drug-likeness (QED) is 0.532. The van der Waals surface area contributed by atoms with Gasteiger partial charge < -0.3 is 19.7 Å². The van der Waals surface area contributed by atoms with E-state index in [1.54, 1.807) is 36.5 Å². The smallest absolute Gasteiger partial charge is 0.410 e. The highest BCUT2D eigenvalue weighted by Crippen LogP contribution is 2.37. The molecule has 2 aromatic heterocycles. The average Bonchev–Trinajstić information content (AvgIpc) is 3.22. The fraction of sp³-hybridized carbons (Fsp3) is 0.200. The Bertz CT molecular complexity index is 1260. The summed E-state index contributed by atoms with van der Waals surface area (Å²) in [7, 11) is 1.57. The van der Waals surface area contributed by atoms with Crippen LogP contribution in [0.15, 0.2) is 54.9 Å². The molecule has 0 atom stereocenters. The van der Waals surface area contributed by atoms with Crippen molar-refractivity contribution in [1.82, 2.24) is 9.88 Å². The molecule has 0 saturated carbocycles. The van der Waals surface area contributed by atoms with Gasteiger partial charge in [-0.25, -0.2) is 4.79 Å². The lowest BCUT2D eigenvalue weighted by Crippen LogP contribution is -2.35. The zero-order chi connectivity index (χ0) is 23.9. The van der Waals surface area contributed by atoms with Crippen molar-refractivity contribution < 1.29 is 19.1 Å². The molecule has 0 radical (unpaired) electrons. The van der Waals surface area contributed by atoms with E-state index in [4.69, 9.17) is 9.47 Å². The fourth-order valence-corrected chi connectivity index (χ4v) is 4.83. The van der Waals surface area contributed by atoms with Crippen LogP contribution in [0.2, 0.25) is 0 Å². The van der Waals surface area contributed by atoms with Crippen LogP contribution in [0.25, 0.3) is 6.08 Å². The van der Waals surface area contributed by atoms with Gasteiger partial charge in [-0.3, -0.25) is 9.78 Å². The first-order valence-corrected chi connectivity index (χ1v) is 11.4. The summed E-state index contributed by atoms with van der Waals surface area (Å²) in [4.78, 5) is 31.5. The third-order valence-electron chi connectivity index (χ3n) is 5.30. The minimum absolute atomic E-state index is 0.143. The summed E-state index contributed by atoms with van der Waals surface area (Å²) in [5.74, 6) is 0.306. The van der Waals surface area contributed by atoms with Crippen LogP contribution >= 0.6 is 11.3 Å². The predicted molar refractivity (Wildman–Crippen MR) is 128 cm³/mol. The van der Waals surface area contributed by atoms with Crippen molar-refractivity contribution in [1.29, 1.82) is 5.26 Å². The van der Waals surface area contributed by atoms with Crippen LogP contribution in [0.1, 0.15) is 27.1 Å². The zero-order valence-electron chi connectivity index (χ0n) is 18.5. The van der Waals surface area contributed by atoms with Crippen molar-refractivity contribution in [2.75, 3.05) is 19.0 Å². The number of fused-ring (bicyclic) bond motifs is 1. The average molecular weight is 475 g/mol. The monoisotopic (exact) mass is 474 g/mol. The minimum atomic E-state index is -0.424. The molecule has 3 heterocycles. The van der Waals surface area contributed by atoms with Crippen molar-refractivity contribution in [2.24, 2.45) is 0 Å². The van der Waals surface area contributed by atoms with Crippen molar-refractivity contribution in [3.8, 4) is 11.8 Å². The Morgan fingerprint density at radius 2 is 2.15 bits per heavy atom. The number of anilines is 1. The molecule has 2 amide bonds. The number of hydrogen-bond acceptors (Lipinski definition) is 7. The number of thiophene rings is 1. The minimum Gasteiger partial charge on any atom is -0.496 e. The summed E-state index contributed by atoms with van der Waals surface area (Å²) in [6, 6.07) is 13.2. The molecule has 0 spiro atoms. The molecule has 1 N–H and O–H groups in total. The molecule has 4 rings (SSSR count). The summed E-state index contributed by atoms with van der Waals surface area (Å²) in [5.41, 5.74) is 2.89. The van der Waals surface area contributed by atoms with Gasteiger partial charge in [-0.2, -0.15) is 5.26 Å². The number of aromatic nitrogens is 1. The highest BCUT2D eigenvalue weighted by Gasteiger charge is 2.28. The van der Waals surface area contributed by atoms with Gasteiger partial charge >= 0.3 is 6.09 Å². The Morgan fingerprint density at radius 1 is 1.29 bits per heavy atom. The number of carbonyl (C=O) groups excluding carboxylic acids is 2. The highest BCUT2D eigenvalue weighted by atomic mass is 32.1.